The van der Waals surface area contributed by atoms with Crippen LogP contribution in [0.25, 0.3) is 0 Å². The predicted molar refractivity (Wildman–Crippen MR) is 63.3 cm³/mol. The number of nitro benzene ring substituents is 1. The number of hydrogen-bond donors (Lipinski definition) is 2. The second-order valence-corrected chi connectivity index (χ2v) is 3.69. The molecule has 0 heterocycles. The van der Waals surface area contributed by atoms with Gasteiger partial charge in [0.1, 0.15) is 5.75 Å². The maximum Gasteiger partial charge on any atom is 0.269 e. The van der Waals surface area contributed by atoms with Gasteiger partial charge in [-0.05, 0) is 19.1 Å². The van der Waals surface area contributed by atoms with Gasteiger partial charge in [0.05, 0.1) is 11.0 Å². The number of amides is 1. The highest BCUT2D eigenvalue weighted by Crippen LogP contribution is 2.16. The maximum absolute atomic E-state index is 11.2. The molecule has 0 aliphatic heterocycles. The Morgan fingerprint density at radius 2 is 2.11 bits per heavy atom. The zero-order valence-electron chi connectivity index (χ0n) is 9.83. The van der Waals surface area contributed by atoms with Crippen LogP contribution in [0.1, 0.15) is 6.92 Å². The van der Waals surface area contributed by atoms with E-state index in [9.17, 15) is 14.9 Å². The highest BCUT2D eigenvalue weighted by molar-refractivity contribution is 5.77. The molecular weight excluding hydrogens is 240 g/mol. The summed E-state index contributed by atoms with van der Waals surface area (Å²) in [6.45, 7) is 1.50. The van der Waals surface area contributed by atoms with Gasteiger partial charge < -0.3 is 15.2 Å². The molecule has 0 saturated carbocycles. The Bertz CT molecular complexity index is 416. The Morgan fingerprint density at radius 1 is 1.50 bits per heavy atom. The molecule has 0 bridgehead atoms. The lowest BCUT2D eigenvalue weighted by Crippen LogP contribution is -2.34. The fourth-order valence-corrected chi connectivity index (χ4v) is 1.13. The fraction of sp³-hybridized carbons (Fsp3) is 0.364. The number of non-ortho nitro benzene ring substituents is 1. The van der Waals surface area contributed by atoms with Crippen LogP contribution >= 0.6 is 0 Å². The van der Waals surface area contributed by atoms with Crippen LogP contribution in [0.4, 0.5) is 5.69 Å². The third-order valence-corrected chi connectivity index (χ3v) is 2.01. The Kier molecular flexibility index (Phi) is 5.06. The van der Waals surface area contributed by atoms with Crippen molar-refractivity contribution in [2.75, 3.05) is 13.2 Å². The Hall–Kier alpha value is -2.15. The van der Waals surface area contributed by atoms with E-state index in [1.54, 1.807) is 6.92 Å². The minimum atomic E-state index is -0.617. The van der Waals surface area contributed by atoms with Crippen LogP contribution in [0.2, 0.25) is 0 Å². The van der Waals surface area contributed by atoms with Crippen molar-refractivity contribution in [1.82, 2.24) is 5.32 Å². The molecule has 0 aliphatic rings. The summed E-state index contributed by atoms with van der Waals surface area (Å²) >= 11 is 0. The Morgan fingerprint density at radius 3 is 2.61 bits per heavy atom. The summed E-state index contributed by atoms with van der Waals surface area (Å²) in [6, 6.07) is 5.42. The minimum absolute atomic E-state index is 0.0408. The summed E-state index contributed by atoms with van der Waals surface area (Å²) in [4.78, 5) is 21.1. The molecule has 98 valence electrons. The lowest BCUT2D eigenvalue weighted by Gasteiger charge is -2.08. The van der Waals surface area contributed by atoms with Crippen LogP contribution in [0, 0.1) is 10.1 Å². The monoisotopic (exact) mass is 254 g/mol. The quantitative estimate of drug-likeness (QED) is 0.567. The van der Waals surface area contributed by atoms with Crippen molar-refractivity contribution in [3.8, 4) is 5.75 Å². The third kappa shape index (κ3) is 4.79. The van der Waals surface area contributed by atoms with Crippen LogP contribution in [0.3, 0.4) is 0 Å². The zero-order valence-corrected chi connectivity index (χ0v) is 9.83. The Labute approximate surface area is 104 Å². The van der Waals surface area contributed by atoms with E-state index in [2.05, 4.69) is 5.32 Å². The van der Waals surface area contributed by atoms with Crippen LogP contribution in [0.15, 0.2) is 24.3 Å². The molecule has 1 amide bonds. The third-order valence-electron chi connectivity index (χ3n) is 2.01. The first kappa shape index (κ1) is 13.9. The molecule has 1 aromatic carbocycles. The lowest BCUT2D eigenvalue weighted by molar-refractivity contribution is -0.384. The number of carbonyl (C=O) groups excluding carboxylic acids is 1. The predicted octanol–water partition coefficient (Wildman–Crippen LogP) is 0.471. The van der Waals surface area contributed by atoms with Gasteiger partial charge in [0.2, 0.25) is 0 Å². The first-order valence-corrected chi connectivity index (χ1v) is 5.31. The molecule has 2 N–H and O–H groups in total. The number of hydrogen-bond acceptors (Lipinski definition) is 5. The van der Waals surface area contributed by atoms with Gasteiger partial charge in [-0.2, -0.15) is 0 Å². The number of nitro groups is 1. The lowest BCUT2D eigenvalue weighted by atomic mass is 10.3. The van der Waals surface area contributed by atoms with E-state index in [0.29, 0.717) is 5.75 Å². The molecule has 0 spiro atoms. The fourth-order valence-electron chi connectivity index (χ4n) is 1.13. The molecule has 1 unspecified atom stereocenters. The van der Waals surface area contributed by atoms with E-state index >= 15 is 0 Å². The van der Waals surface area contributed by atoms with Gasteiger partial charge in [0.15, 0.2) is 6.61 Å². The summed E-state index contributed by atoms with van der Waals surface area (Å²) in [5.41, 5.74) is -0.0408. The van der Waals surface area contributed by atoms with Crippen LogP contribution in [0.5, 0.6) is 5.75 Å². The maximum atomic E-state index is 11.2. The number of ether oxygens (including phenoxy) is 1. The van der Waals surface area contributed by atoms with Gasteiger partial charge in [0, 0.05) is 18.7 Å². The molecule has 1 aromatic rings. The summed E-state index contributed by atoms with van der Waals surface area (Å²) in [5, 5.41) is 21.8. The molecule has 0 radical (unpaired) electrons. The minimum Gasteiger partial charge on any atom is -0.484 e. The van der Waals surface area contributed by atoms with E-state index in [0.717, 1.165) is 0 Å². The van der Waals surface area contributed by atoms with E-state index in [4.69, 9.17) is 9.84 Å². The summed E-state index contributed by atoms with van der Waals surface area (Å²) < 4.78 is 5.12. The number of aliphatic hydroxyl groups excluding tert-OH is 1. The normalized spacial score (nSPS) is 11.7. The summed E-state index contributed by atoms with van der Waals surface area (Å²) in [6.07, 6.45) is -0.617. The average Bonchev–Trinajstić information content (AvgIpc) is 2.34. The molecule has 0 saturated heterocycles. The molecule has 0 aliphatic carbocycles. The molecule has 7 heteroatoms. The number of carbonyl (C=O) groups is 1. The first-order chi connectivity index (χ1) is 8.49. The largest absolute Gasteiger partial charge is 0.484 e. The van der Waals surface area contributed by atoms with E-state index in [-0.39, 0.29) is 24.7 Å². The van der Waals surface area contributed by atoms with Crippen molar-refractivity contribution < 1.29 is 19.6 Å². The van der Waals surface area contributed by atoms with Gasteiger partial charge in [-0.15, -0.1) is 0 Å². The van der Waals surface area contributed by atoms with Crippen LogP contribution in [-0.2, 0) is 4.79 Å². The molecule has 18 heavy (non-hydrogen) atoms. The first-order valence-electron chi connectivity index (χ1n) is 5.31. The molecule has 1 rings (SSSR count). The second kappa shape index (κ2) is 6.55. The van der Waals surface area contributed by atoms with Gasteiger partial charge in [0.25, 0.3) is 11.6 Å². The average molecular weight is 254 g/mol. The smallest absolute Gasteiger partial charge is 0.269 e. The number of aliphatic hydroxyl groups is 1. The molecular formula is C11H14N2O5. The van der Waals surface area contributed by atoms with Gasteiger partial charge in [-0.25, -0.2) is 0 Å². The second-order valence-electron chi connectivity index (χ2n) is 3.69. The summed E-state index contributed by atoms with van der Waals surface area (Å²) in [7, 11) is 0. The highest BCUT2D eigenvalue weighted by Gasteiger charge is 2.06. The molecule has 7 nitrogen and oxygen atoms in total. The summed E-state index contributed by atoms with van der Waals surface area (Å²) in [5.74, 6) is 0.00190. The SMILES string of the molecule is CC(O)CNC(=O)COc1ccc([N+](=O)[O-])cc1. The van der Waals surface area contributed by atoms with Crippen molar-refractivity contribution in [1.29, 1.82) is 0 Å². The number of nitrogens with zero attached hydrogens (tertiary/aromatic N) is 1. The molecule has 0 fully saturated rings. The van der Waals surface area contributed by atoms with E-state index in [1.807, 2.05) is 0 Å². The Balaban J connectivity index is 2.39. The van der Waals surface area contributed by atoms with E-state index < -0.39 is 11.0 Å². The van der Waals surface area contributed by atoms with Crippen molar-refractivity contribution in [2.24, 2.45) is 0 Å². The van der Waals surface area contributed by atoms with Crippen molar-refractivity contribution >= 4 is 11.6 Å². The molecule has 0 aromatic heterocycles. The standard InChI is InChI=1S/C11H14N2O5/c1-8(14)6-12-11(15)7-18-10-4-2-9(3-5-10)13(16)17/h2-5,8,14H,6-7H2,1H3,(H,12,15). The zero-order chi connectivity index (χ0) is 13.5. The van der Waals surface area contributed by atoms with Crippen LogP contribution < -0.4 is 10.1 Å². The van der Waals surface area contributed by atoms with Crippen molar-refractivity contribution in [3.05, 3.63) is 34.4 Å². The number of rotatable bonds is 6. The van der Waals surface area contributed by atoms with E-state index in [1.165, 1.54) is 24.3 Å². The molecule has 1 atom stereocenters. The van der Waals surface area contributed by atoms with Crippen molar-refractivity contribution in [2.45, 2.75) is 13.0 Å². The van der Waals surface area contributed by atoms with Crippen LogP contribution in [-0.4, -0.2) is 35.2 Å². The van der Waals surface area contributed by atoms with Gasteiger partial charge in [-0.1, -0.05) is 0 Å². The number of nitrogens with one attached hydrogen (secondary N) is 1. The highest BCUT2D eigenvalue weighted by atomic mass is 16.6. The topological polar surface area (TPSA) is 102 Å². The number of benzene rings is 1. The van der Waals surface area contributed by atoms with Gasteiger partial charge in [-0.3, -0.25) is 14.9 Å². The van der Waals surface area contributed by atoms with Crippen molar-refractivity contribution in [3.63, 3.8) is 0 Å². The van der Waals surface area contributed by atoms with Gasteiger partial charge >= 0.3 is 0 Å².